The molecule has 20 heavy (non-hydrogen) atoms. The lowest BCUT2D eigenvalue weighted by Crippen LogP contribution is -2.35. The molecule has 1 saturated heterocycles. The quantitative estimate of drug-likeness (QED) is 0.677. The third-order valence-corrected chi connectivity index (χ3v) is 3.08. The molecule has 5 heteroatoms. The Morgan fingerprint density at radius 3 is 2.40 bits per heavy atom. The molecule has 0 aliphatic carbocycles. The summed E-state index contributed by atoms with van der Waals surface area (Å²) in [5.74, 6) is -1.45. The zero-order valence-electron chi connectivity index (χ0n) is 10.9. The smallest absolute Gasteiger partial charge is 0.328 e. The Morgan fingerprint density at radius 1 is 1.15 bits per heavy atom. The van der Waals surface area contributed by atoms with E-state index in [1.54, 1.807) is 24.3 Å². The highest BCUT2D eigenvalue weighted by Crippen LogP contribution is 2.23. The van der Waals surface area contributed by atoms with E-state index in [9.17, 15) is 14.4 Å². The summed E-state index contributed by atoms with van der Waals surface area (Å²) in [5.41, 5.74) is 1.13. The monoisotopic (exact) mass is 273 g/mol. The lowest BCUT2D eigenvalue weighted by molar-refractivity contribution is -0.131. The highest BCUT2D eigenvalue weighted by Gasteiger charge is 2.25. The Labute approximate surface area is 116 Å². The van der Waals surface area contributed by atoms with E-state index in [4.69, 9.17) is 5.11 Å². The zero-order valence-corrected chi connectivity index (χ0v) is 10.9. The predicted molar refractivity (Wildman–Crippen MR) is 74.1 cm³/mol. The van der Waals surface area contributed by atoms with Crippen LogP contribution in [0, 0.1) is 0 Å². The highest BCUT2D eigenvalue weighted by molar-refractivity contribution is 6.15. The van der Waals surface area contributed by atoms with E-state index >= 15 is 0 Å². The summed E-state index contributed by atoms with van der Waals surface area (Å²) < 4.78 is 0. The van der Waals surface area contributed by atoms with Crippen LogP contribution in [-0.4, -0.2) is 22.9 Å². The van der Waals surface area contributed by atoms with E-state index in [0.717, 1.165) is 18.9 Å². The van der Waals surface area contributed by atoms with Crippen LogP contribution >= 0.6 is 0 Å². The van der Waals surface area contributed by atoms with Crippen molar-refractivity contribution < 1.29 is 19.5 Å². The van der Waals surface area contributed by atoms with Gasteiger partial charge in [-0.25, -0.2) is 4.79 Å². The Hall–Kier alpha value is -2.43. The van der Waals surface area contributed by atoms with E-state index in [1.165, 1.54) is 11.0 Å². The highest BCUT2D eigenvalue weighted by atomic mass is 16.4. The summed E-state index contributed by atoms with van der Waals surface area (Å²) >= 11 is 0. The van der Waals surface area contributed by atoms with E-state index < -0.39 is 5.97 Å². The van der Waals surface area contributed by atoms with Gasteiger partial charge in [0, 0.05) is 18.9 Å². The van der Waals surface area contributed by atoms with Crippen LogP contribution in [0.1, 0.15) is 31.2 Å². The van der Waals surface area contributed by atoms with E-state index in [0.29, 0.717) is 24.1 Å². The second kappa shape index (κ2) is 6.14. The lowest BCUT2D eigenvalue weighted by atomic mass is 10.1. The minimum absolute atomic E-state index is 0.202. The van der Waals surface area contributed by atoms with Gasteiger partial charge in [-0.15, -0.1) is 0 Å². The molecular formula is C15H15NO4. The number of aliphatic carboxylic acids is 1. The van der Waals surface area contributed by atoms with Crippen molar-refractivity contribution in [3.8, 4) is 0 Å². The molecule has 0 aromatic heterocycles. The maximum Gasteiger partial charge on any atom is 0.328 e. The number of amides is 2. The number of carbonyl (C=O) groups excluding carboxylic acids is 2. The fraction of sp³-hybridized carbons (Fsp3) is 0.267. The number of hydrogen-bond donors (Lipinski definition) is 1. The van der Waals surface area contributed by atoms with Gasteiger partial charge >= 0.3 is 5.97 Å². The molecule has 0 spiro atoms. The molecule has 0 saturated carbocycles. The van der Waals surface area contributed by atoms with Gasteiger partial charge in [-0.1, -0.05) is 12.1 Å². The molecule has 1 N–H and O–H groups in total. The third kappa shape index (κ3) is 3.32. The summed E-state index contributed by atoms with van der Waals surface area (Å²) in [4.78, 5) is 35.7. The van der Waals surface area contributed by atoms with Crippen molar-refractivity contribution in [1.82, 2.24) is 0 Å². The number of carboxylic acid groups (broad SMARTS) is 1. The summed E-state index contributed by atoms with van der Waals surface area (Å²) in [6.45, 7) is 0. The number of rotatable bonds is 3. The van der Waals surface area contributed by atoms with Crippen LogP contribution in [0.2, 0.25) is 0 Å². The minimum Gasteiger partial charge on any atom is -0.478 e. The first-order valence-electron chi connectivity index (χ1n) is 6.45. The number of carboxylic acids is 1. The maximum absolute atomic E-state index is 12.0. The van der Waals surface area contributed by atoms with Crippen molar-refractivity contribution in [2.24, 2.45) is 0 Å². The summed E-state index contributed by atoms with van der Waals surface area (Å²) in [6.07, 6.45) is 4.62. The van der Waals surface area contributed by atoms with Crippen LogP contribution in [0.4, 0.5) is 5.69 Å². The molecule has 0 unspecified atom stereocenters. The number of nitrogens with zero attached hydrogens (tertiary/aromatic N) is 1. The minimum atomic E-state index is -1.04. The molecular weight excluding hydrogens is 258 g/mol. The second-order valence-electron chi connectivity index (χ2n) is 4.60. The summed E-state index contributed by atoms with van der Waals surface area (Å²) in [6, 6.07) is 6.73. The number of carbonyl (C=O) groups is 3. The third-order valence-electron chi connectivity index (χ3n) is 3.08. The molecule has 0 bridgehead atoms. The molecule has 1 fully saturated rings. The van der Waals surface area contributed by atoms with Gasteiger partial charge in [0.25, 0.3) is 0 Å². The number of hydrogen-bond acceptors (Lipinski definition) is 3. The molecule has 5 nitrogen and oxygen atoms in total. The van der Waals surface area contributed by atoms with Crippen molar-refractivity contribution in [2.45, 2.75) is 25.7 Å². The van der Waals surface area contributed by atoms with Crippen LogP contribution in [-0.2, 0) is 14.4 Å². The van der Waals surface area contributed by atoms with Crippen molar-refractivity contribution in [3.05, 3.63) is 35.9 Å². The predicted octanol–water partition coefficient (Wildman–Crippen LogP) is 2.22. The van der Waals surface area contributed by atoms with Crippen molar-refractivity contribution >= 4 is 29.5 Å². The normalized spacial score (nSPS) is 16.5. The van der Waals surface area contributed by atoms with E-state index in [-0.39, 0.29) is 11.8 Å². The van der Waals surface area contributed by atoms with Gasteiger partial charge in [0.15, 0.2) is 0 Å². The maximum atomic E-state index is 12.0. The average Bonchev–Trinajstić information content (AvgIpc) is 2.58. The molecule has 0 radical (unpaired) electrons. The van der Waals surface area contributed by atoms with E-state index in [2.05, 4.69) is 0 Å². The molecule has 1 aliphatic heterocycles. The first-order chi connectivity index (χ1) is 9.58. The zero-order chi connectivity index (χ0) is 14.5. The van der Waals surface area contributed by atoms with Crippen molar-refractivity contribution in [3.63, 3.8) is 0 Å². The molecule has 2 rings (SSSR count). The standard InChI is InChI=1S/C15H15NO4/c17-13-6-1-2-7-14(18)16(13)12-5-3-4-11(10-12)8-9-15(19)20/h3-5,8-10H,1-2,6-7H2,(H,19,20). The van der Waals surface area contributed by atoms with Crippen molar-refractivity contribution in [2.75, 3.05) is 4.90 Å². The first-order valence-corrected chi connectivity index (χ1v) is 6.45. The fourth-order valence-corrected chi connectivity index (χ4v) is 2.14. The molecule has 1 heterocycles. The molecule has 1 aromatic rings. The van der Waals surface area contributed by atoms with Gasteiger partial charge < -0.3 is 5.11 Å². The topological polar surface area (TPSA) is 74.7 Å². The molecule has 2 amide bonds. The van der Waals surface area contributed by atoms with Gasteiger partial charge in [-0.3, -0.25) is 14.5 Å². The number of anilines is 1. The van der Waals surface area contributed by atoms with Gasteiger partial charge in [0.2, 0.25) is 11.8 Å². The van der Waals surface area contributed by atoms with Crippen LogP contribution in [0.3, 0.4) is 0 Å². The van der Waals surface area contributed by atoms with Crippen LogP contribution in [0.25, 0.3) is 6.08 Å². The molecule has 104 valence electrons. The second-order valence-corrected chi connectivity index (χ2v) is 4.60. The largest absolute Gasteiger partial charge is 0.478 e. The summed E-state index contributed by atoms with van der Waals surface area (Å²) in [5, 5.41) is 8.61. The van der Waals surface area contributed by atoms with E-state index in [1.807, 2.05) is 0 Å². The fourth-order valence-electron chi connectivity index (χ4n) is 2.14. The Bertz CT molecular complexity index is 559. The Kier molecular flexibility index (Phi) is 4.30. The van der Waals surface area contributed by atoms with Gasteiger partial charge in [0.05, 0.1) is 5.69 Å². The van der Waals surface area contributed by atoms with Crippen molar-refractivity contribution in [1.29, 1.82) is 0 Å². The molecule has 1 aliphatic rings. The van der Waals surface area contributed by atoms with Crippen LogP contribution in [0.5, 0.6) is 0 Å². The Morgan fingerprint density at radius 2 is 1.80 bits per heavy atom. The van der Waals surface area contributed by atoms with Gasteiger partial charge in [-0.05, 0) is 36.6 Å². The van der Waals surface area contributed by atoms with Gasteiger partial charge in [-0.2, -0.15) is 0 Å². The molecule has 1 aromatic carbocycles. The average molecular weight is 273 g/mol. The Balaban J connectivity index is 2.31. The lowest BCUT2D eigenvalue weighted by Gasteiger charge is -2.19. The summed E-state index contributed by atoms with van der Waals surface area (Å²) in [7, 11) is 0. The van der Waals surface area contributed by atoms with Crippen LogP contribution in [0.15, 0.2) is 30.3 Å². The molecule has 0 atom stereocenters. The van der Waals surface area contributed by atoms with Crippen LogP contribution < -0.4 is 4.90 Å². The number of imide groups is 1. The first kappa shape index (κ1) is 14.0. The SMILES string of the molecule is O=C(O)C=Cc1cccc(N2C(=O)CCCCC2=O)c1. The van der Waals surface area contributed by atoms with Gasteiger partial charge in [0.1, 0.15) is 0 Å². The number of benzene rings is 1.